The highest BCUT2D eigenvalue weighted by atomic mass is 127. The topological polar surface area (TPSA) is 62.1 Å². The number of pyridine rings is 2. The summed E-state index contributed by atoms with van der Waals surface area (Å²) < 4.78 is 14.1. The fraction of sp³-hybridized carbons (Fsp3) is 0.208. The lowest BCUT2D eigenvalue weighted by Gasteiger charge is -2.10. The maximum absolute atomic E-state index is 6.01. The van der Waals surface area contributed by atoms with Gasteiger partial charge in [0, 0.05) is 41.4 Å². The number of fused-ring (bicyclic) bond motifs is 1. The number of benzene rings is 1. The summed E-state index contributed by atoms with van der Waals surface area (Å²) in [5.41, 5.74) is 4.02. The molecule has 0 atom stereocenters. The fourth-order valence-electron chi connectivity index (χ4n) is 3.14. The zero-order valence-electron chi connectivity index (χ0n) is 17.3. The minimum atomic E-state index is 0.381. The smallest absolute Gasteiger partial charge is 0.227 e. The van der Waals surface area contributed by atoms with Gasteiger partial charge >= 0.3 is 0 Å². The number of halogens is 1. The molecule has 0 fully saturated rings. The average Bonchev–Trinajstić information content (AvgIpc) is 3.18. The molecule has 0 saturated carbocycles. The second kappa shape index (κ2) is 9.79. The first-order valence-corrected chi connectivity index (χ1v) is 11.0. The number of hydrogen-bond acceptors (Lipinski definition) is 5. The normalized spacial score (nSPS) is 10.5. The van der Waals surface area contributed by atoms with Crippen molar-refractivity contribution in [3.8, 4) is 23.6 Å². The van der Waals surface area contributed by atoms with Crippen molar-refractivity contribution < 1.29 is 9.47 Å². The van der Waals surface area contributed by atoms with Gasteiger partial charge in [0.25, 0.3) is 0 Å². The number of methoxy groups -OCH3 is 1. The molecule has 0 aliphatic carbocycles. The third kappa shape index (κ3) is 4.97. The van der Waals surface area contributed by atoms with Gasteiger partial charge in [-0.05, 0) is 52.4 Å². The van der Waals surface area contributed by atoms with Crippen LogP contribution in [0.1, 0.15) is 30.0 Å². The van der Waals surface area contributed by atoms with Crippen LogP contribution in [-0.2, 0) is 13.2 Å². The van der Waals surface area contributed by atoms with E-state index in [1.807, 2.05) is 42.1 Å². The predicted octanol–water partition coefficient (Wildman–Crippen LogP) is 4.83. The Hall–Kier alpha value is -3.12. The van der Waals surface area contributed by atoms with E-state index >= 15 is 0 Å². The first kappa shape index (κ1) is 21.1. The second-order valence-corrected chi connectivity index (χ2v) is 7.98. The molecule has 0 spiro atoms. The molecule has 4 rings (SSSR count). The molecule has 0 bridgehead atoms. The highest BCUT2D eigenvalue weighted by Crippen LogP contribution is 2.24. The summed E-state index contributed by atoms with van der Waals surface area (Å²) in [5, 5.41) is 5.62. The average molecular weight is 524 g/mol. The third-order valence-corrected chi connectivity index (χ3v) is 5.52. The third-order valence-electron chi connectivity index (χ3n) is 4.69. The number of hydrogen-bond donors (Lipinski definition) is 0. The van der Waals surface area contributed by atoms with E-state index in [-0.39, 0.29) is 0 Å². The van der Waals surface area contributed by atoms with E-state index in [1.165, 1.54) is 0 Å². The first-order chi connectivity index (χ1) is 15.2. The number of ether oxygens (including phenoxy) is 2. The van der Waals surface area contributed by atoms with Crippen LogP contribution in [0.15, 0.2) is 55.0 Å². The Bertz CT molecular complexity index is 1260. The molecule has 0 saturated heterocycles. The maximum Gasteiger partial charge on any atom is 0.227 e. The van der Waals surface area contributed by atoms with E-state index in [9.17, 15) is 0 Å². The molecule has 0 amide bonds. The van der Waals surface area contributed by atoms with Gasteiger partial charge in [-0.2, -0.15) is 5.10 Å². The molecule has 3 aromatic heterocycles. The van der Waals surface area contributed by atoms with Gasteiger partial charge in [-0.1, -0.05) is 24.8 Å². The Morgan fingerprint density at radius 3 is 2.77 bits per heavy atom. The summed E-state index contributed by atoms with van der Waals surface area (Å²) in [5.74, 6) is 7.65. The minimum absolute atomic E-state index is 0.381. The van der Waals surface area contributed by atoms with Crippen LogP contribution in [0.5, 0.6) is 11.8 Å². The Morgan fingerprint density at radius 1 is 1.13 bits per heavy atom. The Balaban J connectivity index is 1.67. The van der Waals surface area contributed by atoms with Crippen LogP contribution < -0.4 is 9.47 Å². The molecule has 156 valence electrons. The lowest BCUT2D eigenvalue weighted by molar-refractivity contribution is 0.291. The molecule has 7 heteroatoms. The molecule has 4 aromatic rings. The predicted molar refractivity (Wildman–Crippen MR) is 128 cm³/mol. The lowest BCUT2D eigenvalue weighted by atomic mass is 10.1. The van der Waals surface area contributed by atoms with Gasteiger partial charge < -0.3 is 9.47 Å². The van der Waals surface area contributed by atoms with Crippen molar-refractivity contribution in [1.29, 1.82) is 0 Å². The summed E-state index contributed by atoms with van der Waals surface area (Å²) in [4.78, 5) is 8.61. The van der Waals surface area contributed by atoms with Crippen molar-refractivity contribution >= 4 is 33.5 Å². The lowest BCUT2D eigenvalue weighted by Crippen LogP contribution is -2.04. The van der Waals surface area contributed by atoms with Crippen LogP contribution in [0.3, 0.4) is 0 Å². The van der Waals surface area contributed by atoms with E-state index in [0.717, 1.165) is 37.6 Å². The standard InChI is InChI=1S/C24H21IN4O2/c1-3-4-6-18-11-19-14-28-29(15-17-8-9-23(30-2)27-13-17)22(19)12-20(18)16-31-24-21(25)7-5-10-26-24/h5,7-14H,3,15-16H2,1-2H3. The van der Waals surface area contributed by atoms with Crippen LogP contribution >= 0.6 is 22.6 Å². The van der Waals surface area contributed by atoms with Gasteiger partial charge in [-0.3, -0.25) is 4.68 Å². The Labute approximate surface area is 194 Å². The molecule has 3 heterocycles. The first-order valence-electron chi connectivity index (χ1n) is 9.87. The van der Waals surface area contributed by atoms with Crippen molar-refractivity contribution in [2.24, 2.45) is 0 Å². The fourth-order valence-corrected chi connectivity index (χ4v) is 3.64. The summed E-state index contributed by atoms with van der Waals surface area (Å²) in [7, 11) is 1.61. The molecule has 6 nitrogen and oxygen atoms in total. The Morgan fingerprint density at radius 2 is 2.03 bits per heavy atom. The van der Waals surface area contributed by atoms with Gasteiger partial charge in [0.2, 0.25) is 11.8 Å². The largest absolute Gasteiger partial charge is 0.481 e. The molecule has 1 aromatic carbocycles. The molecule has 0 radical (unpaired) electrons. The SMILES string of the molecule is CCC#Cc1cc2cnn(Cc3ccc(OC)nc3)c2cc1COc1ncccc1I. The monoisotopic (exact) mass is 524 g/mol. The Kier molecular flexibility index (Phi) is 6.67. The van der Waals surface area contributed by atoms with Gasteiger partial charge in [0.1, 0.15) is 6.61 Å². The highest BCUT2D eigenvalue weighted by molar-refractivity contribution is 14.1. The molecule has 0 unspecified atom stereocenters. The van der Waals surface area contributed by atoms with Gasteiger partial charge in [0.05, 0.1) is 28.9 Å². The molecular formula is C24H21IN4O2. The van der Waals surface area contributed by atoms with Crippen molar-refractivity contribution in [3.63, 3.8) is 0 Å². The van der Waals surface area contributed by atoms with E-state index in [0.29, 0.717) is 24.9 Å². The number of aromatic nitrogens is 4. The van der Waals surface area contributed by atoms with Gasteiger partial charge in [0.15, 0.2) is 0 Å². The van der Waals surface area contributed by atoms with Crippen LogP contribution in [-0.4, -0.2) is 26.9 Å². The number of nitrogens with zero attached hydrogens (tertiary/aromatic N) is 4. The summed E-state index contributed by atoms with van der Waals surface area (Å²) >= 11 is 2.23. The zero-order valence-corrected chi connectivity index (χ0v) is 19.5. The number of rotatable bonds is 6. The molecule has 0 aliphatic rings. The summed E-state index contributed by atoms with van der Waals surface area (Å²) in [6, 6.07) is 11.9. The summed E-state index contributed by atoms with van der Waals surface area (Å²) in [6.45, 7) is 3.03. The second-order valence-electron chi connectivity index (χ2n) is 6.81. The van der Waals surface area contributed by atoms with E-state index in [1.54, 1.807) is 19.5 Å². The highest BCUT2D eigenvalue weighted by Gasteiger charge is 2.11. The summed E-state index contributed by atoms with van der Waals surface area (Å²) in [6.07, 6.45) is 6.20. The molecular weight excluding hydrogens is 503 g/mol. The van der Waals surface area contributed by atoms with Crippen molar-refractivity contribution in [3.05, 3.63) is 75.2 Å². The van der Waals surface area contributed by atoms with Gasteiger partial charge in [-0.15, -0.1) is 0 Å². The maximum atomic E-state index is 6.01. The van der Waals surface area contributed by atoms with E-state index in [4.69, 9.17) is 9.47 Å². The van der Waals surface area contributed by atoms with Crippen LogP contribution in [0.4, 0.5) is 0 Å². The van der Waals surface area contributed by atoms with Crippen LogP contribution in [0, 0.1) is 15.4 Å². The molecule has 0 aliphatic heterocycles. The molecule has 31 heavy (non-hydrogen) atoms. The van der Waals surface area contributed by atoms with Crippen molar-refractivity contribution in [2.75, 3.05) is 7.11 Å². The minimum Gasteiger partial charge on any atom is -0.481 e. The quantitative estimate of drug-likeness (QED) is 0.267. The van der Waals surface area contributed by atoms with Crippen molar-refractivity contribution in [2.45, 2.75) is 26.5 Å². The van der Waals surface area contributed by atoms with Gasteiger partial charge in [-0.25, -0.2) is 9.97 Å². The van der Waals surface area contributed by atoms with Crippen LogP contribution in [0.2, 0.25) is 0 Å². The van der Waals surface area contributed by atoms with E-state index in [2.05, 4.69) is 61.6 Å². The van der Waals surface area contributed by atoms with Crippen LogP contribution in [0.25, 0.3) is 10.9 Å². The van der Waals surface area contributed by atoms with Crippen molar-refractivity contribution in [1.82, 2.24) is 19.7 Å². The van der Waals surface area contributed by atoms with E-state index < -0.39 is 0 Å². The molecule has 0 N–H and O–H groups in total. The zero-order chi connectivity index (χ0) is 21.6.